The van der Waals surface area contributed by atoms with Crippen LogP contribution in [0.3, 0.4) is 0 Å². The normalized spacial score (nSPS) is 15.1. The molecule has 0 radical (unpaired) electrons. The molecule has 0 aliphatic carbocycles. The number of alkyl halides is 3. The number of nitro benzene ring substituents is 1. The number of para-hydroxylation sites is 1. The summed E-state index contributed by atoms with van der Waals surface area (Å²) in [4.78, 5) is 23.1. The lowest BCUT2D eigenvalue weighted by Crippen LogP contribution is -2.48. The van der Waals surface area contributed by atoms with Crippen LogP contribution < -0.4 is 15.4 Å². The van der Waals surface area contributed by atoms with Gasteiger partial charge in [0.05, 0.1) is 15.1 Å². The Hall–Kier alpha value is -4.00. The zero-order chi connectivity index (χ0) is 25.4. The van der Waals surface area contributed by atoms with E-state index in [1.54, 1.807) is 17.0 Å². The number of hydrogen-bond donors (Lipinski definition) is 0. The number of piperazine rings is 1. The number of nitro groups is 1. The van der Waals surface area contributed by atoms with E-state index in [1.807, 2.05) is 29.2 Å². The molecule has 4 aromatic rings. The van der Waals surface area contributed by atoms with Gasteiger partial charge in [0.25, 0.3) is 11.2 Å². The summed E-state index contributed by atoms with van der Waals surface area (Å²) in [6.45, 7) is 3.11. The van der Waals surface area contributed by atoms with E-state index in [1.165, 1.54) is 30.4 Å². The van der Waals surface area contributed by atoms with Gasteiger partial charge in [0.1, 0.15) is 5.69 Å². The van der Waals surface area contributed by atoms with E-state index in [9.17, 15) is 23.3 Å². The van der Waals surface area contributed by atoms with Crippen molar-refractivity contribution < 1.29 is 22.6 Å². The average molecular weight is 517 g/mol. The van der Waals surface area contributed by atoms with Crippen molar-refractivity contribution in [1.29, 1.82) is 0 Å². The molecule has 1 aliphatic heterocycles. The van der Waals surface area contributed by atoms with Crippen LogP contribution in [0.2, 0.25) is 0 Å². The van der Waals surface area contributed by atoms with Gasteiger partial charge in [0.15, 0.2) is 5.69 Å². The van der Waals surface area contributed by atoms with Gasteiger partial charge in [-0.25, -0.2) is 4.98 Å². The molecule has 2 aromatic heterocycles. The number of nitrogens with zero attached hydrogens (tertiary/aromatic N) is 6. The van der Waals surface area contributed by atoms with Crippen LogP contribution in [0, 0.1) is 17.0 Å². The molecule has 1 fully saturated rings. The first kappa shape index (κ1) is 23.7. The maximum atomic E-state index is 13.6. The summed E-state index contributed by atoms with van der Waals surface area (Å²) in [6.07, 6.45) is -4.68. The highest BCUT2D eigenvalue weighted by molar-refractivity contribution is 7.21. The maximum Gasteiger partial charge on any atom is 0.437 e. The standard InChI is InChI=1S/C23H19F3N6O3S/c1-14-19(31-12-10-30(11-13-31)15-6-8-16(9-7-15)32(33)34)21(35-29-20(14)23(24,25)26)28-22-27-17-4-2-3-5-18(17)36-22/h2-9H,10-13H2,1H3/b28-21-. The average Bonchev–Trinajstić information content (AvgIpc) is 3.26. The Morgan fingerprint density at radius 3 is 2.36 bits per heavy atom. The third-order valence-corrected chi connectivity index (χ3v) is 6.84. The van der Waals surface area contributed by atoms with E-state index in [0.29, 0.717) is 31.3 Å². The van der Waals surface area contributed by atoms with Crippen LogP contribution in [-0.4, -0.2) is 41.2 Å². The van der Waals surface area contributed by atoms with Crippen LogP contribution >= 0.6 is 11.3 Å². The van der Waals surface area contributed by atoms with E-state index < -0.39 is 16.8 Å². The third-order valence-electron chi connectivity index (χ3n) is 5.91. The van der Waals surface area contributed by atoms with Crippen LogP contribution in [0.4, 0.5) is 35.4 Å². The van der Waals surface area contributed by atoms with Gasteiger partial charge in [-0.1, -0.05) is 28.6 Å². The molecule has 1 aliphatic rings. The Labute approximate surface area is 206 Å². The quantitative estimate of drug-likeness (QED) is 0.275. The zero-order valence-corrected chi connectivity index (χ0v) is 19.7. The van der Waals surface area contributed by atoms with Crippen molar-refractivity contribution in [2.45, 2.75) is 13.1 Å². The van der Waals surface area contributed by atoms with Crippen molar-refractivity contribution >= 4 is 43.7 Å². The molecule has 5 rings (SSSR count). The minimum Gasteiger partial charge on any atom is -0.368 e. The number of benzene rings is 2. The highest BCUT2D eigenvalue weighted by atomic mass is 32.1. The van der Waals surface area contributed by atoms with E-state index in [-0.39, 0.29) is 22.5 Å². The molecule has 0 spiro atoms. The van der Waals surface area contributed by atoms with Gasteiger partial charge < -0.3 is 14.3 Å². The first-order chi connectivity index (χ1) is 17.2. The number of fused-ring (bicyclic) bond motifs is 1. The summed E-state index contributed by atoms with van der Waals surface area (Å²) in [7, 11) is 0. The molecule has 2 aromatic carbocycles. The molecule has 9 nitrogen and oxygen atoms in total. The molecular weight excluding hydrogens is 497 g/mol. The second-order valence-electron chi connectivity index (χ2n) is 8.13. The third kappa shape index (κ3) is 4.61. The van der Waals surface area contributed by atoms with Gasteiger partial charge in [-0.2, -0.15) is 18.2 Å². The van der Waals surface area contributed by atoms with Gasteiger partial charge in [-0.3, -0.25) is 10.1 Å². The lowest BCUT2D eigenvalue weighted by Gasteiger charge is -2.37. The van der Waals surface area contributed by atoms with Crippen molar-refractivity contribution in [3.8, 4) is 0 Å². The van der Waals surface area contributed by atoms with Crippen LogP contribution in [0.25, 0.3) is 10.2 Å². The summed E-state index contributed by atoms with van der Waals surface area (Å²) < 4.78 is 47.0. The van der Waals surface area contributed by atoms with Gasteiger partial charge >= 0.3 is 6.18 Å². The smallest absolute Gasteiger partial charge is 0.368 e. The predicted molar refractivity (Wildman–Crippen MR) is 129 cm³/mol. The second-order valence-corrected chi connectivity index (χ2v) is 9.14. The molecule has 3 heterocycles. The Balaban J connectivity index is 1.49. The SMILES string of the molecule is Cc1c(C(F)(F)F)no/c(=N\c2nc3ccccc3s2)c1N1CCN(c2ccc([N+](=O)[O-])cc2)CC1. The van der Waals surface area contributed by atoms with Gasteiger partial charge in [0.2, 0.25) is 5.13 Å². The van der Waals surface area contributed by atoms with Crippen molar-refractivity contribution in [2.75, 3.05) is 36.0 Å². The Morgan fingerprint density at radius 2 is 1.72 bits per heavy atom. The number of anilines is 2. The van der Waals surface area contributed by atoms with Crippen molar-refractivity contribution in [1.82, 2.24) is 10.1 Å². The molecule has 0 unspecified atom stereocenters. The van der Waals surface area contributed by atoms with Crippen molar-refractivity contribution in [3.63, 3.8) is 0 Å². The fourth-order valence-electron chi connectivity index (χ4n) is 4.15. The number of thiazole rings is 1. The highest BCUT2D eigenvalue weighted by Gasteiger charge is 2.38. The highest BCUT2D eigenvalue weighted by Crippen LogP contribution is 2.34. The van der Waals surface area contributed by atoms with Crippen LogP contribution in [0.1, 0.15) is 11.3 Å². The van der Waals surface area contributed by atoms with Crippen LogP contribution in [-0.2, 0) is 6.18 Å². The van der Waals surface area contributed by atoms with Gasteiger partial charge in [0, 0.05) is 49.6 Å². The number of halogens is 3. The molecule has 0 bridgehead atoms. The first-order valence-electron chi connectivity index (χ1n) is 10.9. The lowest BCUT2D eigenvalue weighted by molar-refractivity contribution is -0.384. The molecule has 186 valence electrons. The van der Waals surface area contributed by atoms with E-state index >= 15 is 0 Å². The van der Waals surface area contributed by atoms with Crippen LogP contribution in [0.15, 0.2) is 58.0 Å². The van der Waals surface area contributed by atoms with E-state index in [0.717, 1.165) is 15.9 Å². The fraction of sp³-hybridized carbons (Fsp3) is 0.261. The summed E-state index contributed by atoms with van der Waals surface area (Å²) in [5.41, 5.74) is 0.536. The largest absolute Gasteiger partial charge is 0.437 e. The van der Waals surface area contributed by atoms with Gasteiger partial charge in [-0.15, -0.1) is 0 Å². The predicted octanol–water partition coefficient (Wildman–Crippen LogP) is 5.08. The molecule has 0 amide bonds. The molecule has 13 heteroatoms. The van der Waals surface area contributed by atoms with E-state index in [4.69, 9.17) is 4.52 Å². The fourth-order valence-corrected chi connectivity index (χ4v) is 4.99. The molecule has 1 saturated heterocycles. The maximum absolute atomic E-state index is 13.6. The summed E-state index contributed by atoms with van der Waals surface area (Å²) in [5, 5.41) is 14.6. The number of aromatic nitrogens is 2. The van der Waals surface area contributed by atoms with Crippen LogP contribution in [0.5, 0.6) is 0 Å². The molecule has 0 atom stereocenters. The Bertz CT molecular complexity index is 1460. The number of non-ortho nitro benzene ring substituents is 1. The Kier molecular flexibility index (Phi) is 6.08. The topological polar surface area (TPSA) is 101 Å². The minimum atomic E-state index is -4.68. The molecule has 0 saturated carbocycles. The zero-order valence-electron chi connectivity index (χ0n) is 18.9. The number of rotatable bonds is 4. The van der Waals surface area contributed by atoms with Crippen molar-refractivity contribution in [2.24, 2.45) is 4.99 Å². The molecule has 0 N–H and O–H groups in total. The second kappa shape index (κ2) is 9.22. The van der Waals surface area contributed by atoms with E-state index in [2.05, 4.69) is 15.1 Å². The van der Waals surface area contributed by atoms with Crippen molar-refractivity contribution in [3.05, 3.63) is 75.5 Å². The molecule has 36 heavy (non-hydrogen) atoms. The first-order valence-corrected chi connectivity index (χ1v) is 11.7. The number of hydrogen-bond acceptors (Lipinski definition) is 9. The summed E-state index contributed by atoms with van der Waals surface area (Å²) in [6, 6.07) is 13.6. The minimum absolute atomic E-state index is 0.00723. The molecular formula is C23H19F3N6O3S. The summed E-state index contributed by atoms with van der Waals surface area (Å²) >= 11 is 1.30. The Morgan fingerprint density at radius 1 is 1.06 bits per heavy atom. The lowest BCUT2D eigenvalue weighted by atomic mass is 10.1. The monoisotopic (exact) mass is 516 g/mol. The van der Waals surface area contributed by atoms with Gasteiger partial charge in [-0.05, 0) is 31.2 Å². The summed E-state index contributed by atoms with van der Waals surface area (Å²) in [5.74, 6) is 0.